The minimum absolute atomic E-state index is 0.131. The number of aliphatic hydroxyl groups excluding tert-OH is 1. The maximum absolute atomic E-state index is 11.8. The number of nitrogens with zero attached hydrogens (tertiary/aromatic N) is 2. The zero-order chi connectivity index (χ0) is 15.8. The van der Waals surface area contributed by atoms with Crippen LogP contribution >= 0.6 is 7.60 Å². The summed E-state index contributed by atoms with van der Waals surface area (Å²) in [6.07, 6.45) is -0.890. The second kappa shape index (κ2) is 5.86. The zero-order valence-corrected chi connectivity index (χ0v) is 12.5. The summed E-state index contributed by atoms with van der Waals surface area (Å²) in [6, 6.07) is 0. The van der Waals surface area contributed by atoms with Gasteiger partial charge < -0.3 is 29.6 Å². The summed E-state index contributed by atoms with van der Waals surface area (Å²) in [6.45, 7) is 2.32. The Morgan fingerprint density at radius 3 is 3.00 bits per heavy atom. The first-order valence-electron chi connectivity index (χ1n) is 6.29. The molecule has 10 heteroatoms. The summed E-state index contributed by atoms with van der Waals surface area (Å²) in [4.78, 5) is 26.4. The highest BCUT2D eigenvalue weighted by Gasteiger charge is 2.36. The van der Waals surface area contributed by atoms with E-state index in [-0.39, 0.29) is 18.8 Å². The van der Waals surface area contributed by atoms with Gasteiger partial charge in [0.05, 0.1) is 12.7 Å². The molecule has 118 valence electrons. The van der Waals surface area contributed by atoms with E-state index in [0.717, 1.165) is 6.66 Å². The van der Waals surface area contributed by atoms with Crippen molar-refractivity contribution in [3.05, 3.63) is 22.2 Å². The van der Waals surface area contributed by atoms with Crippen molar-refractivity contribution >= 4 is 13.4 Å². The van der Waals surface area contributed by atoms with E-state index < -0.39 is 31.7 Å². The Bertz CT molecular complexity index is 627. The third kappa shape index (κ3) is 3.90. The molecule has 1 saturated heterocycles. The van der Waals surface area contributed by atoms with Gasteiger partial charge in [0.2, 0.25) is 0 Å². The second-order valence-electron chi connectivity index (χ2n) is 5.00. The van der Waals surface area contributed by atoms with Crippen molar-refractivity contribution in [1.29, 1.82) is 0 Å². The molecule has 3 N–H and O–H groups in total. The molecule has 0 bridgehead atoms. The molecular weight excluding hydrogens is 301 g/mol. The van der Waals surface area contributed by atoms with Crippen LogP contribution in [0.2, 0.25) is 0 Å². The van der Waals surface area contributed by atoms with Crippen molar-refractivity contribution in [2.75, 3.05) is 19.0 Å². The number of nitrogen functional groups attached to an aromatic ring is 1. The maximum atomic E-state index is 11.8. The predicted molar refractivity (Wildman–Crippen MR) is 71.7 cm³/mol. The van der Waals surface area contributed by atoms with Crippen molar-refractivity contribution < 1.29 is 23.8 Å². The number of aryl methyl sites for hydroxylation is 1. The van der Waals surface area contributed by atoms with Crippen LogP contribution < -0.4 is 16.3 Å². The van der Waals surface area contributed by atoms with E-state index in [0.29, 0.717) is 5.56 Å². The molecule has 0 spiro atoms. The Morgan fingerprint density at radius 1 is 1.71 bits per heavy atom. The molecular formula is C11H17N3O6P-. The van der Waals surface area contributed by atoms with Crippen LogP contribution in [0.5, 0.6) is 0 Å². The molecule has 0 aliphatic carbocycles. The van der Waals surface area contributed by atoms with Gasteiger partial charge in [0.25, 0.3) is 0 Å². The number of anilines is 1. The normalized spacial score (nSPS) is 28.5. The van der Waals surface area contributed by atoms with E-state index in [2.05, 4.69) is 9.51 Å². The molecule has 0 radical (unpaired) electrons. The molecule has 2 heterocycles. The molecule has 1 aromatic rings. The zero-order valence-electron chi connectivity index (χ0n) is 11.6. The molecule has 2 rings (SSSR count). The van der Waals surface area contributed by atoms with Crippen LogP contribution in [0.25, 0.3) is 0 Å². The summed E-state index contributed by atoms with van der Waals surface area (Å²) >= 11 is 0. The number of hydrogen-bond acceptors (Lipinski definition) is 8. The van der Waals surface area contributed by atoms with Crippen LogP contribution in [-0.4, -0.2) is 40.1 Å². The van der Waals surface area contributed by atoms with Crippen LogP contribution in [0.4, 0.5) is 5.82 Å². The number of ether oxygens (including phenoxy) is 1. The van der Waals surface area contributed by atoms with Gasteiger partial charge in [-0.15, -0.1) is 0 Å². The molecule has 1 aromatic heterocycles. The lowest BCUT2D eigenvalue weighted by Gasteiger charge is -2.22. The van der Waals surface area contributed by atoms with Gasteiger partial charge in [-0.3, -0.25) is 4.57 Å². The Balaban J connectivity index is 2.12. The van der Waals surface area contributed by atoms with Crippen molar-refractivity contribution in [2.45, 2.75) is 31.8 Å². The quantitative estimate of drug-likeness (QED) is 0.672. The van der Waals surface area contributed by atoms with E-state index in [1.165, 1.54) is 10.8 Å². The fourth-order valence-corrected chi connectivity index (χ4v) is 2.45. The number of aliphatic hydroxyl groups is 1. The van der Waals surface area contributed by atoms with E-state index >= 15 is 0 Å². The number of rotatable bonds is 4. The summed E-state index contributed by atoms with van der Waals surface area (Å²) < 4.78 is 22.3. The molecule has 4 atom stereocenters. The van der Waals surface area contributed by atoms with Gasteiger partial charge in [0.1, 0.15) is 25.7 Å². The monoisotopic (exact) mass is 318 g/mol. The average Bonchev–Trinajstić information content (AvgIpc) is 2.72. The Labute approximate surface area is 120 Å². The largest absolute Gasteiger partial charge is 0.779 e. The minimum atomic E-state index is -3.90. The van der Waals surface area contributed by atoms with Crippen molar-refractivity contribution in [3.8, 4) is 0 Å². The Morgan fingerprint density at radius 2 is 2.38 bits per heavy atom. The van der Waals surface area contributed by atoms with E-state index in [1.807, 2.05) is 0 Å². The summed E-state index contributed by atoms with van der Waals surface area (Å²) in [5.41, 5.74) is 5.54. The molecule has 9 nitrogen and oxygen atoms in total. The molecule has 1 aliphatic rings. The smallest absolute Gasteiger partial charge is 0.351 e. The highest BCUT2D eigenvalue weighted by atomic mass is 31.2. The van der Waals surface area contributed by atoms with Crippen molar-refractivity contribution in [2.24, 2.45) is 0 Å². The van der Waals surface area contributed by atoms with E-state index in [4.69, 9.17) is 10.5 Å². The van der Waals surface area contributed by atoms with Crippen LogP contribution in [0.3, 0.4) is 0 Å². The number of hydrogen-bond donors (Lipinski definition) is 2. The third-order valence-corrected chi connectivity index (χ3v) is 3.78. The SMILES string of the molecule is Cc1cn([C@H]2C[C@@H](O)[C@@H](COP(C)(=O)[O-])O2)c(=O)nc1N. The first-order valence-corrected chi connectivity index (χ1v) is 8.28. The maximum Gasteiger partial charge on any atom is 0.351 e. The van der Waals surface area contributed by atoms with Gasteiger partial charge >= 0.3 is 5.69 Å². The standard InChI is InChI=1S/C11H18N3O6P/c1-6-4-14(11(16)13-10(6)12)9-3-7(15)8(20-9)5-19-21(2,17)18/h4,7-9,15H,3,5H2,1-2H3,(H,17,18)(H2,12,13,16)/p-1/t7-,8-,9-/m1/s1. The van der Waals surface area contributed by atoms with E-state index in [9.17, 15) is 19.4 Å². The molecule has 0 saturated carbocycles. The van der Waals surface area contributed by atoms with Crippen LogP contribution in [0.1, 0.15) is 18.2 Å². The average molecular weight is 318 g/mol. The molecule has 1 aliphatic heterocycles. The van der Waals surface area contributed by atoms with Crippen LogP contribution in [-0.2, 0) is 13.8 Å². The van der Waals surface area contributed by atoms with Gasteiger partial charge in [-0.2, -0.15) is 4.98 Å². The van der Waals surface area contributed by atoms with Crippen LogP contribution in [0, 0.1) is 6.92 Å². The Hall–Kier alpha value is -1.25. The highest BCUT2D eigenvalue weighted by molar-refractivity contribution is 7.50. The lowest BCUT2D eigenvalue weighted by Crippen LogP contribution is -2.29. The van der Waals surface area contributed by atoms with Gasteiger partial charge in [-0.1, -0.05) is 0 Å². The summed E-state index contributed by atoms with van der Waals surface area (Å²) in [5.74, 6) is 0.132. The van der Waals surface area contributed by atoms with Crippen LogP contribution in [0.15, 0.2) is 11.0 Å². The van der Waals surface area contributed by atoms with Gasteiger partial charge in [-0.25, -0.2) is 4.79 Å². The Kier molecular flexibility index (Phi) is 4.50. The predicted octanol–water partition coefficient (Wildman–Crippen LogP) is -1.02. The minimum Gasteiger partial charge on any atom is -0.779 e. The van der Waals surface area contributed by atoms with E-state index in [1.54, 1.807) is 6.92 Å². The second-order valence-corrected chi connectivity index (χ2v) is 6.80. The molecule has 1 unspecified atom stereocenters. The molecule has 0 amide bonds. The fraction of sp³-hybridized carbons (Fsp3) is 0.636. The molecule has 0 aromatic carbocycles. The first-order chi connectivity index (χ1) is 9.67. The molecule has 1 fully saturated rings. The number of nitrogens with two attached hydrogens (primary N) is 1. The lowest BCUT2D eigenvalue weighted by atomic mass is 10.2. The first kappa shape index (κ1) is 16.1. The van der Waals surface area contributed by atoms with Gasteiger partial charge in [-0.05, 0) is 6.92 Å². The number of aromatic nitrogens is 2. The fourth-order valence-electron chi connectivity index (χ4n) is 2.03. The van der Waals surface area contributed by atoms with Gasteiger partial charge in [0, 0.05) is 24.8 Å². The third-order valence-electron chi connectivity index (χ3n) is 3.16. The van der Waals surface area contributed by atoms with Gasteiger partial charge in [0.15, 0.2) is 0 Å². The summed E-state index contributed by atoms with van der Waals surface area (Å²) in [7, 11) is -3.90. The van der Waals surface area contributed by atoms with Crippen molar-refractivity contribution in [1.82, 2.24) is 9.55 Å². The lowest BCUT2D eigenvalue weighted by molar-refractivity contribution is -0.199. The highest BCUT2D eigenvalue weighted by Crippen LogP contribution is 2.34. The molecule has 21 heavy (non-hydrogen) atoms. The topological polar surface area (TPSA) is 140 Å². The summed E-state index contributed by atoms with van der Waals surface area (Å²) in [5, 5.41) is 9.88. The van der Waals surface area contributed by atoms with Crippen molar-refractivity contribution in [3.63, 3.8) is 0 Å².